The molecular formula is C27H30ClFN2O5S. The lowest BCUT2D eigenvalue weighted by atomic mass is 9.94. The van der Waals surface area contributed by atoms with E-state index in [2.05, 4.69) is 5.32 Å². The number of aromatic carboxylic acids is 1. The number of sulfonamides is 1. The second-order valence-corrected chi connectivity index (χ2v) is 12.0. The van der Waals surface area contributed by atoms with Gasteiger partial charge >= 0.3 is 5.97 Å². The first-order valence-electron chi connectivity index (χ1n) is 11.6. The highest BCUT2D eigenvalue weighted by atomic mass is 35.5. The van der Waals surface area contributed by atoms with Crippen molar-refractivity contribution in [2.24, 2.45) is 0 Å². The van der Waals surface area contributed by atoms with Crippen LogP contribution in [0.3, 0.4) is 0 Å². The molecule has 0 aliphatic rings. The summed E-state index contributed by atoms with van der Waals surface area (Å²) in [5, 5.41) is 22.9. The minimum absolute atomic E-state index is 0.0517. The molecule has 37 heavy (non-hydrogen) atoms. The smallest absolute Gasteiger partial charge is 0.335 e. The summed E-state index contributed by atoms with van der Waals surface area (Å²) in [5.41, 5.74) is 1.68. The molecule has 0 aromatic heterocycles. The Kier molecular flexibility index (Phi) is 9.09. The first-order chi connectivity index (χ1) is 17.3. The van der Waals surface area contributed by atoms with Gasteiger partial charge < -0.3 is 15.5 Å². The number of carboxylic acids is 1. The highest BCUT2D eigenvalue weighted by Gasteiger charge is 2.25. The van der Waals surface area contributed by atoms with Crippen molar-refractivity contribution in [3.8, 4) is 11.1 Å². The Balaban J connectivity index is 1.63. The molecule has 0 spiro atoms. The molecular weight excluding hydrogens is 519 g/mol. The molecule has 0 saturated carbocycles. The summed E-state index contributed by atoms with van der Waals surface area (Å²) in [5.74, 6) is -1.54. The van der Waals surface area contributed by atoms with Crippen molar-refractivity contribution in [3.05, 3.63) is 88.7 Å². The van der Waals surface area contributed by atoms with Gasteiger partial charge in [0.25, 0.3) is 0 Å². The average molecular weight is 549 g/mol. The van der Waals surface area contributed by atoms with E-state index >= 15 is 0 Å². The molecule has 3 rings (SSSR count). The quantitative estimate of drug-likeness (QED) is 0.327. The van der Waals surface area contributed by atoms with E-state index in [9.17, 15) is 22.7 Å². The van der Waals surface area contributed by atoms with Crippen LogP contribution in [0.5, 0.6) is 0 Å². The highest BCUT2D eigenvalue weighted by molar-refractivity contribution is 7.89. The van der Waals surface area contributed by atoms with E-state index in [1.165, 1.54) is 43.4 Å². The second-order valence-electron chi connectivity index (χ2n) is 9.54. The lowest BCUT2D eigenvalue weighted by molar-refractivity contribution is 0.0697. The minimum atomic E-state index is -3.90. The number of carboxylic acid groups (broad SMARTS) is 1. The number of β-amino-alcohol motifs (C(OH)–C–C–N with tert-alkyl or cyclic N) is 1. The summed E-state index contributed by atoms with van der Waals surface area (Å²) >= 11 is 5.74. The maximum atomic E-state index is 13.8. The number of nitrogens with one attached hydrogen (secondary N) is 1. The Bertz CT molecular complexity index is 1360. The summed E-state index contributed by atoms with van der Waals surface area (Å²) < 4.78 is 41.2. The highest BCUT2D eigenvalue weighted by Crippen LogP contribution is 2.25. The van der Waals surface area contributed by atoms with Crippen LogP contribution in [0.4, 0.5) is 4.39 Å². The maximum Gasteiger partial charge on any atom is 0.335 e. The first-order valence-corrected chi connectivity index (χ1v) is 13.4. The monoisotopic (exact) mass is 548 g/mol. The Morgan fingerprint density at radius 3 is 2.38 bits per heavy atom. The van der Waals surface area contributed by atoms with Gasteiger partial charge in [-0.15, -0.1) is 0 Å². The van der Waals surface area contributed by atoms with Gasteiger partial charge in [0.2, 0.25) is 10.0 Å². The fourth-order valence-corrected chi connectivity index (χ4v) is 5.27. The zero-order valence-electron chi connectivity index (χ0n) is 20.8. The summed E-state index contributed by atoms with van der Waals surface area (Å²) in [4.78, 5) is 11.1. The van der Waals surface area contributed by atoms with Gasteiger partial charge in [0.15, 0.2) is 0 Å². The zero-order chi connectivity index (χ0) is 27.4. The number of hydrogen-bond acceptors (Lipinski definition) is 5. The van der Waals surface area contributed by atoms with Gasteiger partial charge in [0, 0.05) is 25.7 Å². The summed E-state index contributed by atoms with van der Waals surface area (Å²) in [6.45, 7) is 3.79. The van der Waals surface area contributed by atoms with Crippen LogP contribution < -0.4 is 5.32 Å². The number of hydrogen-bond donors (Lipinski definition) is 3. The summed E-state index contributed by atoms with van der Waals surface area (Å²) in [7, 11) is -2.50. The van der Waals surface area contributed by atoms with Crippen molar-refractivity contribution in [1.29, 1.82) is 0 Å². The van der Waals surface area contributed by atoms with Crippen molar-refractivity contribution in [3.63, 3.8) is 0 Å². The van der Waals surface area contributed by atoms with Crippen molar-refractivity contribution >= 4 is 27.6 Å². The van der Waals surface area contributed by atoms with Gasteiger partial charge in [0.05, 0.1) is 21.6 Å². The molecule has 3 aromatic rings. The molecule has 0 aliphatic heterocycles. The maximum absolute atomic E-state index is 13.8. The van der Waals surface area contributed by atoms with Crippen molar-refractivity contribution in [1.82, 2.24) is 9.62 Å². The lowest BCUT2D eigenvalue weighted by Gasteiger charge is -2.29. The van der Waals surface area contributed by atoms with Gasteiger partial charge in [0.1, 0.15) is 5.82 Å². The zero-order valence-corrected chi connectivity index (χ0v) is 22.4. The molecule has 3 N–H and O–H groups in total. The first kappa shape index (κ1) is 28.7. The normalized spacial score (nSPS) is 13.1. The van der Waals surface area contributed by atoms with Crippen LogP contribution in [0.1, 0.15) is 29.8 Å². The number of aliphatic hydroxyl groups excluding tert-OH is 1. The van der Waals surface area contributed by atoms with E-state index < -0.39 is 33.5 Å². The Hall–Kier alpha value is -2.82. The third-order valence-electron chi connectivity index (χ3n) is 5.92. The van der Waals surface area contributed by atoms with Crippen LogP contribution in [-0.4, -0.2) is 60.7 Å². The van der Waals surface area contributed by atoms with Crippen molar-refractivity contribution in [2.75, 3.05) is 20.1 Å². The van der Waals surface area contributed by atoms with Crippen LogP contribution in [0.15, 0.2) is 71.6 Å². The molecule has 0 fully saturated rings. The molecule has 0 aliphatic carbocycles. The fraction of sp³-hybridized carbons (Fsp3) is 0.296. The average Bonchev–Trinajstić information content (AvgIpc) is 2.85. The number of benzene rings is 3. The van der Waals surface area contributed by atoms with Crippen molar-refractivity contribution < 1.29 is 27.8 Å². The number of carbonyl (C=O) groups is 1. The van der Waals surface area contributed by atoms with Crippen LogP contribution in [0, 0.1) is 5.82 Å². The topological polar surface area (TPSA) is 107 Å². The molecule has 10 heteroatoms. The number of halogens is 2. The number of nitrogens with zero attached hydrogens (tertiary/aromatic N) is 1. The second kappa shape index (κ2) is 11.7. The number of rotatable bonds is 11. The summed E-state index contributed by atoms with van der Waals surface area (Å²) in [6, 6.07) is 17.1. The largest absolute Gasteiger partial charge is 0.478 e. The van der Waals surface area contributed by atoms with Crippen LogP contribution in [0.2, 0.25) is 5.02 Å². The van der Waals surface area contributed by atoms with Gasteiger partial charge in [-0.2, -0.15) is 4.31 Å². The molecule has 7 nitrogen and oxygen atoms in total. The van der Waals surface area contributed by atoms with Gasteiger partial charge in [-0.05, 0) is 73.4 Å². The molecule has 0 bridgehead atoms. The van der Waals surface area contributed by atoms with Crippen molar-refractivity contribution in [2.45, 2.75) is 36.8 Å². The van der Waals surface area contributed by atoms with E-state index in [0.29, 0.717) is 17.5 Å². The Labute approximate surface area is 221 Å². The minimum Gasteiger partial charge on any atom is -0.478 e. The number of aliphatic hydroxyl groups is 1. The third kappa shape index (κ3) is 7.59. The van der Waals surface area contributed by atoms with Crippen LogP contribution >= 0.6 is 11.6 Å². The Morgan fingerprint density at radius 2 is 1.76 bits per heavy atom. The van der Waals surface area contributed by atoms with E-state index in [1.54, 1.807) is 30.3 Å². The van der Waals surface area contributed by atoms with E-state index in [-0.39, 0.29) is 28.6 Å². The SMILES string of the molecule is CN(CC(O)CNC(C)(C)Cc1ccc(Cl)c(F)c1)S(=O)(=O)c1cccc(-c2ccc(C(=O)O)cc2)c1. The predicted octanol–water partition coefficient (Wildman–Crippen LogP) is 4.44. The third-order valence-corrected chi connectivity index (χ3v) is 8.05. The molecule has 0 radical (unpaired) electrons. The molecule has 1 unspecified atom stereocenters. The molecule has 0 saturated heterocycles. The molecule has 0 amide bonds. The lowest BCUT2D eigenvalue weighted by Crippen LogP contribution is -2.47. The Morgan fingerprint density at radius 1 is 1.08 bits per heavy atom. The van der Waals surface area contributed by atoms with Gasteiger partial charge in [-0.3, -0.25) is 0 Å². The predicted molar refractivity (Wildman–Crippen MR) is 142 cm³/mol. The molecule has 3 aromatic carbocycles. The van der Waals surface area contributed by atoms with Crippen LogP contribution in [0.25, 0.3) is 11.1 Å². The van der Waals surface area contributed by atoms with E-state index in [4.69, 9.17) is 16.7 Å². The molecule has 1 atom stereocenters. The van der Waals surface area contributed by atoms with Gasteiger partial charge in [-0.25, -0.2) is 17.6 Å². The summed E-state index contributed by atoms with van der Waals surface area (Å²) in [6.07, 6.45) is -0.518. The van der Waals surface area contributed by atoms with E-state index in [1.807, 2.05) is 13.8 Å². The fourth-order valence-electron chi connectivity index (χ4n) is 3.90. The number of likely N-dealkylation sites (N-methyl/N-ethyl adjacent to an activating group) is 1. The molecule has 198 valence electrons. The van der Waals surface area contributed by atoms with Gasteiger partial charge in [-0.1, -0.05) is 41.9 Å². The molecule has 0 heterocycles. The van der Waals surface area contributed by atoms with Crippen LogP contribution in [-0.2, 0) is 16.4 Å². The van der Waals surface area contributed by atoms with E-state index in [0.717, 1.165) is 9.87 Å². The standard InChI is InChI=1S/C27H30ClFN2O5S/c1-27(2,15-18-7-12-24(28)25(29)13-18)30-16-22(32)17-31(3)37(35,36)23-6-4-5-21(14-23)19-8-10-20(11-9-19)26(33)34/h4-14,22,30,32H,15-17H2,1-3H3,(H,33,34).